The third kappa shape index (κ3) is 2.20. The number of aromatic nitrogens is 2. The number of nitrogens with zero attached hydrogens (tertiary/aromatic N) is 2. The third-order valence-electron chi connectivity index (χ3n) is 1.47. The van der Waals surface area contributed by atoms with Crippen molar-refractivity contribution < 1.29 is 8.42 Å². The maximum absolute atomic E-state index is 10.7. The van der Waals surface area contributed by atoms with Gasteiger partial charge in [-0.05, 0) is 0 Å². The average Bonchev–Trinajstić information content (AvgIpc) is 2.29. The fourth-order valence-electron chi connectivity index (χ4n) is 0.890. The first-order chi connectivity index (χ1) is 6.31. The van der Waals surface area contributed by atoms with E-state index in [0.717, 1.165) is 0 Å². The second-order valence-electron chi connectivity index (χ2n) is 2.59. The zero-order chi connectivity index (χ0) is 10.9. The van der Waals surface area contributed by atoms with Crippen LogP contribution in [0.3, 0.4) is 0 Å². The van der Waals surface area contributed by atoms with Crippen LogP contribution in [0.25, 0.3) is 0 Å². The molecule has 0 aromatic carbocycles. The molecule has 0 aliphatic rings. The van der Waals surface area contributed by atoms with Gasteiger partial charge in [0.1, 0.15) is 11.7 Å². The molecule has 0 fully saturated rings. The molecule has 0 unspecified atom stereocenters. The Morgan fingerprint density at radius 3 is 2.71 bits per heavy atom. The lowest BCUT2D eigenvalue weighted by Crippen LogP contribution is -2.25. The maximum Gasteiger partial charge on any atom is 0.297 e. The van der Waals surface area contributed by atoms with E-state index in [1.807, 2.05) is 4.72 Å². The summed E-state index contributed by atoms with van der Waals surface area (Å²) in [7, 11) is -2.39. The van der Waals surface area contributed by atoms with E-state index >= 15 is 0 Å². The minimum Gasteiger partial charge on any atom is -0.384 e. The van der Waals surface area contributed by atoms with Crippen LogP contribution < -0.4 is 15.6 Å². The van der Waals surface area contributed by atoms with Gasteiger partial charge in [-0.15, -0.1) is 0 Å². The largest absolute Gasteiger partial charge is 0.384 e. The number of amidine groups is 1. The highest BCUT2D eigenvalue weighted by Gasteiger charge is 2.14. The minimum atomic E-state index is -3.89. The van der Waals surface area contributed by atoms with E-state index in [2.05, 4.69) is 5.10 Å². The summed E-state index contributed by atoms with van der Waals surface area (Å²) in [5.74, 6) is -0.218. The molecule has 0 saturated heterocycles. The molecule has 0 amide bonds. The quantitative estimate of drug-likeness (QED) is 0.355. The summed E-state index contributed by atoms with van der Waals surface area (Å²) < 4.78 is 24.7. The van der Waals surface area contributed by atoms with Crippen molar-refractivity contribution in [2.24, 2.45) is 17.9 Å². The summed E-state index contributed by atoms with van der Waals surface area (Å²) in [6.07, 6.45) is 1.27. The molecule has 0 atom stereocenters. The molecule has 1 rings (SSSR count). The Bertz CT molecular complexity index is 461. The Balaban J connectivity index is 3.19. The van der Waals surface area contributed by atoms with Crippen LogP contribution in [0.5, 0.6) is 0 Å². The molecule has 0 aliphatic carbocycles. The van der Waals surface area contributed by atoms with Gasteiger partial charge in [-0.1, -0.05) is 0 Å². The highest BCUT2D eigenvalue weighted by atomic mass is 32.2. The molecule has 1 aromatic rings. The molecule has 9 heteroatoms. The van der Waals surface area contributed by atoms with E-state index in [1.165, 1.54) is 17.9 Å². The van der Waals surface area contributed by atoms with E-state index in [-0.39, 0.29) is 17.2 Å². The molecule has 78 valence electrons. The number of nitrogen functional groups attached to an aromatic ring is 1. The fourth-order valence-corrected chi connectivity index (χ4v) is 1.40. The van der Waals surface area contributed by atoms with E-state index in [4.69, 9.17) is 16.3 Å². The number of nitrogens with two attached hydrogens (primary N) is 2. The summed E-state index contributed by atoms with van der Waals surface area (Å²) in [5.41, 5.74) is 5.38. The van der Waals surface area contributed by atoms with Gasteiger partial charge < -0.3 is 5.73 Å². The van der Waals surface area contributed by atoms with Crippen LogP contribution in [0.2, 0.25) is 0 Å². The predicted molar refractivity (Wildman–Crippen MR) is 51.0 cm³/mol. The van der Waals surface area contributed by atoms with Crippen molar-refractivity contribution in [2.45, 2.75) is 0 Å². The first-order valence-corrected chi connectivity index (χ1v) is 5.03. The van der Waals surface area contributed by atoms with Gasteiger partial charge >= 0.3 is 0 Å². The summed E-state index contributed by atoms with van der Waals surface area (Å²) in [6.45, 7) is 0. The van der Waals surface area contributed by atoms with Gasteiger partial charge in [0.2, 0.25) is 0 Å². The minimum absolute atomic E-state index is 0.0694. The van der Waals surface area contributed by atoms with Crippen molar-refractivity contribution in [3.05, 3.63) is 11.8 Å². The van der Waals surface area contributed by atoms with Crippen molar-refractivity contribution in [1.29, 1.82) is 5.41 Å². The Hall–Kier alpha value is -1.61. The topological polar surface area (TPSA) is 140 Å². The second-order valence-corrected chi connectivity index (χ2v) is 3.89. The van der Waals surface area contributed by atoms with Crippen LogP contribution in [0.15, 0.2) is 6.20 Å². The Labute approximate surface area is 80.6 Å². The van der Waals surface area contributed by atoms with Crippen LogP contribution >= 0.6 is 0 Å². The van der Waals surface area contributed by atoms with Crippen LogP contribution in [0, 0.1) is 5.41 Å². The fraction of sp³-hybridized carbons (Fsp3) is 0.200. The van der Waals surface area contributed by atoms with E-state index in [1.54, 1.807) is 0 Å². The lowest BCUT2D eigenvalue weighted by atomic mass is 10.3. The summed E-state index contributed by atoms with van der Waals surface area (Å²) in [5, 5.41) is 15.7. The van der Waals surface area contributed by atoms with Gasteiger partial charge in [0.25, 0.3) is 10.2 Å². The van der Waals surface area contributed by atoms with Gasteiger partial charge in [0.15, 0.2) is 0 Å². The van der Waals surface area contributed by atoms with E-state index in [0.29, 0.717) is 0 Å². The van der Waals surface area contributed by atoms with Gasteiger partial charge in [0.05, 0.1) is 11.8 Å². The third-order valence-corrected chi connectivity index (χ3v) is 1.95. The number of aryl methyl sites for hydroxylation is 1. The van der Waals surface area contributed by atoms with Crippen molar-refractivity contribution >= 4 is 21.9 Å². The number of hydrogen-bond acceptors (Lipinski definition) is 4. The first kappa shape index (κ1) is 10.5. The highest BCUT2D eigenvalue weighted by molar-refractivity contribution is 7.90. The van der Waals surface area contributed by atoms with Crippen LogP contribution in [0.1, 0.15) is 5.56 Å². The number of rotatable bonds is 3. The number of anilines is 1. The van der Waals surface area contributed by atoms with Crippen LogP contribution in [-0.2, 0) is 17.3 Å². The molecule has 1 aromatic heterocycles. The molecular formula is C5H10N6O2S. The monoisotopic (exact) mass is 218 g/mol. The lowest BCUT2D eigenvalue weighted by molar-refractivity contribution is 0.602. The summed E-state index contributed by atoms with van der Waals surface area (Å²) >= 11 is 0. The van der Waals surface area contributed by atoms with Gasteiger partial charge in [-0.25, -0.2) is 5.14 Å². The molecule has 6 N–H and O–H groups in total. The smallest absolute Gasteiger partial charge is 0.297 e. The lowest BCUT2D eigenvalue weighted by Gasteiger charge is -2.05. The second kappa shape index (κ2) is 3.27. The Kier molecular flexibility index (Phi) is 2.45. The molecule has 0 saturated carbocycles. The molecule has 0 aliphatic heterocycles. The predicted octanol–water partition coefficient (Wildman–Crippen LogP) is -1.68. The Morgan fingerprint density at radius 1 is 1.71 bits per heavy atom. The van der Waals surface area contributed by atoms with Gasteiger partial charge in [-0.3, -0.25) is 14.8 Å². The molecule has 8 nitrogen and oxygen atoms in total. The zero-order valence-electron chi connectivity index (χ0n) is 7.35. The molecule has 0 radical (unpaired) electrons. The van der Waals surface area contributed by atoms with Crippen molar-refractivity contribution in [3.8, 4) is 0 Å². The van der Waals surface area contributed by atoms with Crippen molar-refractivity contribution in [2.75, 3.05) is 4.72 Å². The van der Waals surface area contributed by atoms with E-state index < -0.39 is 10.2 Å². The summed E-state index contributed by atoms with van der Waals surface area (Å²) in [4.78, 5) is 0. The zero-order valence-corrected chi connectivity index (χ0v) is 8.17. The summed E-state index contributed by atoms with van der Waals surface area (Å²) in [6, 6.07) is 0. The molecular weight excluding hydrogens is 208 g/mol. The van der Waals surface area contributed by atoms with Gasteiger partial charge in [0, 0.05) is 7.05 Å². The highest BCUT2D eigenvalue weighted by Crippen LogP contribution is 2.13. The molecule has 0 bridgehead atoms. The average molecular weight is 218 g/mol. The molecule has 14 heavy (non-hydrogen) atoms. The maximum atomic E-state index is 10.7. The standard InChI is InChI=1S/C5H10N6O2S/c1-11-5(10-14(8,12)13)3(2-9-11)4(6)7/h2,10H,1H3,(H3,6,7)(H2,8,12,13). The normalized spacial score (nSPS) is 11.3. The van der Waals surface area contributed by atoms with Gasteiger partial charge in [-0.2, -0.15) is 13.5 Å². The van der Waals surface area contributed by atoms with Crippen molar-refractivity contribution in [3.63, 3.8) is 0 Å². The first-order valence-electron chi connectivity index (χ1n) is 3.48. The number of nitrogens with one attached hydrogen (secondary N) is 2. The molecule has 1 heterocycles. The SMILES string of the molecule is Cn1ncc(C(=N)N)c1NS(N)(=O)=O. The van der Waals surface area contributed by atoms with Crippen LogP contribution in [-0.4, -0.2) is 24.0 Å². The van der Waals surface area contributed by atoms with Crippen LogP contribution in [0.4, 0.5) is 5.82 Å². The van der Waals surface area contributed by atoms with E-state index in [9.17, 15) is 8.42 Å². The Morgan fingerprint density at radius 2 is 2.29 bits per heavy atom. The molecule has 0 spiro atoms. The van der Waals surface area contributed by atoms with Crippen molar-refractivity contribution in [1.82, 2.24) is 9.78 Å². The number of hydrogen-bond donors (Lipinski definition) is 4.